The second-order valence-electron chi connectivity index (χ2n) is 4.34. The van der Waals surface area contributed by atoms with E-state index in [-0.39, 0.29) is 0 Å². The number of nitriles is 1. The molecule has 0 atom stereocenters. The van der Waals surface area contributed by atoms with E-state index >= 15 is 0 Å². The summed E-state index contributed by atoms with van der Waals surface area (Å²) in [4.78, 5) is 4.39. The summed E-state index contributed by atoms with van der Waals surface area (Å²) in [5.41, 5.74) is 3.15. The molecule has 2 aromatic carbocycles. The minimum absolute atomic E-state index is 0.616. The Kier molecular flexibility index (Phi) is 3.31. The maximum atomic E-state index is 8.82. The number of hydrogen-bond donors (Lipinski definition) is 0. The Bertz CT molecular complexity index is 833. The van der Waals surface area contributed by atoms with E-state index < -0.39 is 0 Å². The quantitative estimate of drug-likeness (QED) is 0.628. The number of benzene rings is 2. The molecule has 0 aliphatic heterocycles. The number of aromatic nitrogens is 1. The van der Waals surface area contributed by atoms with Crippen LogP contribution in [-0.2, 0) is 0 Å². The van der Waals surface area contributed by atoms with Crippen molar-refractivity contribution >= 4 is 34.1 Å². The van der Waals surface area contributed by atoms with E-state index in [2.05, 4.69) is 11.1 Å². The summed E-state index contributed by atoms with van der Waals surface area (Å²) >= 11 is 12.4. The van der Waals surface area contributed by atoms with Crippen molar-refractivity contribution in [2.75, 3.05) is 0 Å². The second-order valence-corrected chi connectivity index (χ2v) is 5.15. The van der Waals surface area contributed by atoms with Gasteiger partial charge in [0.15, 0.2) is 0 Å². The molecule has 0 saturated heterocycles. The summed E-state index contributed by atoms with van der Waals surface area (Å²) in [6, 6.07) is 14.8. The lowest BCUT2D eigenvalue weighted by atomic mass is 10.0. The van der Waals surface area contributed by atoms with Crippen LogP contribution in [0.15, 0.2) is 48.7 Å². The van der Waals surface area contributed by atoms with Crippen LogP contribution in [-0.4, -0.2) is 4.98 Å². The van der Waals surface area contributed by atoms with Gasteiger partial charge >= 0.3 is 0 Å². The standard InChI is InChI=1S/C16H8Cl2N2/c17-12-5-6-13-15(7-12)20-9-14(16(13)18)11-3-1-10(8-19)2-4-11/h1-7,9H. The molecular weight excluding hydrogens is 291 g/mol. The van der Waals surface area contributed by atoms with E-state index in [4.69, 9.17) is 28.5 Å². The van der Waals surface area contributed by atoms with Crippen molar-refractivity contribution in [3.05, 3.63) is 64.3 Å². The van der Waals surface area contributed by atoms with Crippen molar-refractivity contribution in [1.29, 1.82) is 5.26 Å². The van der Waals surface area contributed by atoms with Crippen molar-refractivity contribution < 1.29 is 0 Å². The van der Waals surface area contributed by atoms with E-state index in [0.717, 1.165) is 22.0 Å². The van der Waals surface area contributed by atoms with Gasteiger partial charge < -0.3 is 0 Å². The van der Waals surface area contributed by atoms with Gasteiger partial charge in [-0.3, -0.25) is 4.98 Å². The predicted molar refractivity (Wildman–Crippen MR) is 81.9 cm³/mol. The van der Waals surface area contributed by atoms with E-state index in [1.54, 1.807) is 30.5 Å². The third-order valence-electron chi connectivity index (χ3n) is 3.09. The van der Waals surface area contributed by atoms with Gasteiger partial charge in [0.25, 0.3) is 0 Å². The number of pyridine rings is 1. The van der Waals surface area contributed by atoms with Gasteiger partial charge in [-0.25, -0.2) is 0 Å². The highest BCUT2D eigenvalue weighted by atomic mass is 35.5. The molecule has 0 unspecified atom stereocenters. The fourth-order valence-corrected chi connectivity index (χ4v) is 2.54. The zero-order chi connectivity index (χ0) is 14.1. The fraction of sp³-hybridized carbons (Fsp3) is 0. The summed E-state index contributed by atoms with van der Waals surface area (Å²) in [6.45, 7) is 0. The minimum atomic E-state index is 0.616. The lowest BCUT2D eigenvalue weighted by molar-refractivity contribution is 1.40. The third-order valence-corrected chi connectivity index (χ3v) is 3.73. The summed E-state index contributed by atoms with van der Waals surface area (Å²) in [5, 5.41) is 10.9. The van der Waals surface area contributed by atoms with Crippen LogP contribution in [0.3, 0.4) is 0 Å². The van der Waals surface area contributed by atoms with Gasteiger partial charge in [-0.05, 0) is 35.9 Å². The first kappa shape index (κ1) is 12.9. The maximum Gasteiger partial charge on any atom is 0.0991 e. The van der Waals surface area contributed by atoms with Gasteiger partial charge in [0.1, 0.15) is 0 Å². The third kappa shape index (κ3) is 2.22. The van der Waals surface area contributed by atoms with Crippen molar-refractivity contribution in [2.45, 2.75) is 0 Å². The molecule has 0 N–H and O–H groups in total. The monoisotopic (exact) mass is 298 g/mol. The predicted octanol–water partition coefficient (Wildman–Crippen LogP) is 5.08. The average Bonchev–Trinajstić information content (AvgIpc) is 2.48. The van der Waals surface area contributed by atoms with Crippen LogP contribution >= 0.6 is 23.2 Å². The average molecular weight is 299 g/mol. The van der Waals surface area contributed by atoms with Gasteiger partial charge in [0.2, 0.25) is 0 Å². The van der Waals surface area contributed by atoms with E-state index in [0.29, 0.717) is 15.6 Å². The Balaban J connectivity index is 2.19. The van der Waals surface area contributed by atoms with Gasteiger partial charge in [-0.15, -0.1) is 0 Å². The molecule has 0 saturated carbocycles. The SMILES string of the molecule is N#Cc1ccc(-c2cnc3cc(Cl)ccc3c2Cl)cc1. The zero-order valence-corrected chi connectivity index (χ0v) is 11.8. The van der Waals surface area contributed by atoms with Crippen LogP contribution in [0.25, 0.3) is 22.0 Å². The van der Waals surface area contributed by atoms with E-state index in [9.17, 15) is 0 Å². The van der Waals surface area contributed by atoms with Crippen LogP contribution < -0.4 is 0 Å². The molecule has 0 aliphatic rings. The fourth-order valence-electron chi connectivity index (χ4n) is 2.06. The second kappa shape index (κ2) is 5.13. The van der Waals surface area contributed by atoms with Crippen LogP contribution in [0.5, 0.6) is 0 Å². The minimum Gasteiger partial charge on any atom is -0.255 e. The molecule has 0 bridgehead atoms. The summed E-state index contributed by atoms with van der Waals surface area (Å²) in [6.07, 6.45) is 1.72. The Morgan fingerprint density at radius 3 is 2.45 bits per heavy atom. The molecule has 0 fully saturated rings. The normalized spacial score (nSPS) is 10.4. The van der Waals surface area contributed by atoms with Crippen molar-refractivity contribution in [2.24, 2.45) is 0 Å². The molecule has 0 spiro atoms. The van der Waals surface area contributed by atoms with Gasteiger partial charge in [-0.1, -0.05) is 35.3 Å². The van der Waals surface area contributed by atoms with Crippen LogP contribution in [0, 0.1) is 11.3 Å². The Morgan fingerprint density at radius 2 is 1.75 bits per heavy atom. The lowest BCUT2D eigenvalue weighted by Gasteiger charge is -2.07. The number of halogens is 2. The molecule has 1 aromatic heterocycles. The molecule has 96 valence electrons. The first-order chi connectivity index (χ1) is 9.69. The number of nitrogens with zero attached hydrogens (tertiary/aromatic N) is 2. The van der Waals surface area contributed by atoms with Gasteiger partial charge in [-0.2, -0.15) is 5.26 Å². The molecule has 4 heteroatoms. The molecule has 0 radical (unpaired) electrons. The Hall–Kier alpha value is -2.08. The Labute approximate surface area is 126 Å². The van der Waals surface area contributed by atoms with Crippen LogP contribution in [0.4, 0.5) is 0 Å². The highest BCUT2D eigenvalue weighted by Crippen LogP contribution is 2.33. The summed E-state index contributed by atoms with van der Waals surface area (Å²) < 4.78 is 0. The van der Waals surface area contributed by atoms with Crippen molar-refractivity contribution in [1.82, 2.24) is 4.98 Å². The molecule has 1 heterocycles. The first-order valence-electron chi connectivity index (χ1n) is 5.93. The van der Waals surface area contributed by atoms with Gasteiger partial charge in [0.05, 0.1) is 22.2 Å². The summed E-state index contributed by atoms with van der Waals surface area (Å²) in [5.74, 6) is 0. The molecule has 3 rings (SSSR count). The topological polar surface area (TPSA) is 36.7 Å². The lowest BCUT2D eigenvalue weighted by Crippen LogP contribution is -1.86. The largest absolute Gasteiger partial charge is 0.255 e. The maximum absolute atomic E-state index is 8.82. The molecule has 2 nitrogen and oxygen atoms in total. The number of rotatable bonds is 1. The van der Waals surface area contributed by atoms with Crippen LogP contribution in [0.2, 0.25) is 10.0 Å². The van der Waals surface area contributed by atoms with Gasteiger partial charge in [0, 0.05) is 22.2 Å². The number of hydrogen-bond acceptors (Lipinski definition) is 2. The summed E-state index contributed by atoms with van der Waals surface area (Å²) in [7, 11) is 0. The number of fused-ring (bicyclic) bond motifs is 1. The van der Waals surface area contributed by atoms with Crippen molar-refractivity contribution in [3.8, 4) is 17.2 Å². The molecule has 20 heavy (non-hydrogen) atoms. The zero-order valence-electron chi connectivity index (χ0n) is 10.3. The Morgan fingerprint density at radius 1 is 1.00 bits per heavy atom. The first-order valence-corrected chi connectivity index (χ1v) is 6.69. The van der Waals surface area contributed by atoms with Crippen molar-refractivity contribution in [3.63, 3.8) is 0 Å². The van der Waals surface area contributed by atoms with E-state index in [1.807, 2.05) is 18.2 Å². The van der Waals surface area contributed by atoms with Crippen LogP contribution in [0.1, 0.15) is 5.56 Å². The smallest absolute Gasteiger partial charge is 0.0991 e. The highest BCUT2D eigenvalue weighted by Gasteiger charge is 2.09. The molecular formula is C16H8Cl2N2. The molecule has 0 amide bonds. The highest BCUT2D eigenvalue weighted by molar-refractivity contribution is 6.38. The molecule has 0 aliphatic carbocycles. The van der Waals surface area contributed by atoms with E-state index in [1.165, 1.54) is 0 Å². The molecule has 3 aromatic rings.